The van der Waals surface area contributed by atoms with E-state index in [1.807, 2.05) is 0 Å². The minimum absolute atomic E-state index is 0.164. The van der Waals surface area contributed by atoms with E-state index in [1.54, 1.807) is 50.5 Å². The van der Waals surface area contributed by atoms with Crippen molar-refractivity contribution in [2.75, 3.05) is 10.6 Å². The van der Waals surface area contributed by atoms with Crippen LogP contribution in [0.2, 0.25) is 0 Å². The predicted octanol–water partition coefficient (Wildman–Crippen LogP) is 2.96. The van der Waals surface area contributed by atoms with E-state index in [-0.39, 0.29) is 23.7 Å². The van der Waals surface area contributed by atoms with Gasteiger partial charge in [0.25, 0.3) is 0 Å². The van der Waals surface area contributed by atoms with E-state index >= 15 is 0 Å². The monoisotopic (exact) mass is 464 g/mol. The maximum atomic E-state index is 12.9. The third kappa shape index (κ3) is 3.91. The number of amides is 2. The highest BCUT2D eigenvalue weighted by Gasteiger charge is 2.31. The lowest BCUT2D eigenvalue weighted by molar-refractivity contribution is -0.124. The first-order valence-electron chi connectivity index (χ1n) is 11.1. The Morgan fingerprint density at radius 1 is 0.794 bits per heavy atom. The third-order valence-electron chi connectivity index (χ3n) is 6.54. The van der Waals surface area contributed by atoms with Crippen LogP contribution in [0, 0.1) is 11.8 Å². The van der Waals surface area contributed by atoms with Crippen LogP contribution in [0.3, 0.4) is 0 Å². The molecule has 0 aliphatic heterocycles. The first-order valence-corrected chi connectivity index (χ1v) is 11.1. The van der Waals surface area contributed by atoms with E-state index in [0.29, 0.717) is 52.8 Å². The predicted molar refractivity (Wildman–Crippen MR) is 126 cm³/mol. The number of aryl methyl sites for hydroxylation is 2. The lowest BCUT2D eigenvalue weighted by atomic mass is 9.80. The molecule has 1 aliphatic carbocycles. The second kappa shape index (κ2) is 8.36. The molecule has 4 aromatic rings. The first kappa shape index (κ1) is 21.7. The van der Waals surface area contributed by atoms with E-state index < -0.39 is 11.5 Å². The number of hydrogen-bond acceptors (Lipinski definition) is 6. The molecule has 34 heavy (non-hydrogen) atoms. The molecule has 0 bridgehead atoms. The summed E-state index contributed by atoms with van der Waals surface area (Å²) in [5.74, 6) is -1.87. The molecule has 1 saturated carbocycles. The van der Waals surface area contributed by atoms with Gasteiger partial charge in [0.15, 0.2) is 11.2 Å². The van der Waals surface area contributed by atoms with Crippen molar-refractivity contribution >= 4 is 45.4 Å². The van der Waals surface area contributed by atoms with Crippen molar-refractivity contribution in [2.24, 2.45) is 25.9 Å². The van der Waals surface area contributed by atoms with E-state index in [1.165, 1.54) is 9.13 Å². The highest BCUT2D eigenvalue weighted by molar-refractivity contribution is 5.97. The fourth-order valence-corrected chi connectivity index (χ4v) is 4.58. The Kier molecular flexibility index (Phi) is 5.35. The minimum atomic E-state index is -0.465. The van der Waals surface area contributed by atoms with Gasteiger partial charge in [0.1, 0.15) is 0 Å². The topological polar surface area (TPSA) is 128 Å². The highest BCUT2D eigenvalue weighted by Crippen LogP contribution is 2.31. The van der Waals surface area contributed by atoms with Crippen molar-refractivity contribution < 1.29 is 18.4 Å². The van der Waals surface area contributed by atoms with Crippen LogP contribution in [-0.4, -0.2) is 20.9 Å². The third-order valence-corrected chi connectivity index (χ3v) is 6.54. The number of nitrogens with zero attached hydrogens (tertiary/aromatic N) is 2. The summed E-state index contributed by atoms with van der Waals surface area (Å²) < 4.78 is 13.2. The van der Waals surface area contributed by atoms with Crippen molar-refractivity contribution in [2.45, 2.75) is 25.7 Å². The summed E-state index contributed by atoms with van der Waals surface area (Å²) >= 11 is 0. The molecular weight excluding hydrogens is 440 g/mol. The molecule has 2 N–H and O–H groups in total. The van der Waals surface area contributed by atoms with Gasteiger partial charge in [-0.1, -0.05) is 6.42 Å². The maximum Gasteiger partial charge on any atom is 0.419 e. The molecule has 176 valence electrons. The van der Waals surface area contributed by atoms with Gasteiger partial charge in [-0.2, -0.15) is 0 Å². The summed E-state index contributed by atoms with van der Waals surface area (Å²) in [6, 6.07) is 10.1. The number of carbonyl (C=O) groups excluding carboxylic acids is 2. The molecule has 0 spiro atoms. The molecule has 0 saturated heterocycles. The zero-order chi connectivity index (χ0) is 24.0. The van der Waals surface area contributed by atoms with Crippen molar-refractivity contribution in [3.63, 3.8) is 0 Å². The fraction of sp³-hybridized carbons (Fsp3) is 0.333. The summed E-state index contributed by atoms with van der Waals surface area (Å²) in [6.45, 7) is 0. The van der Waals surface area contributed by atoms with Gasteiger partial charge in [-0.15, -0.1) is 0 Å². The van der Waals surface area contributed by atoms with Gasteiger partial charge in [0.2, 0.25) is 11.8 Å². The lowest BCUT2D eigenvalue weighted by Crippen LogP contribution is -2.33. The Balaban J connectivity index is 1.25. The maximum absolute atomic E-state index is 12.9. The fourth-order valence-electron chi connectivity index (χ4n) is 4.58. The van der Waals surface area contributed by atoms with Crippen molar-refractivity contribution in [3.8, 4) is 0 Å². The molecule has 2 unspecified atom stereocenters. The van der Waals surface area contributed by atoms with Crippen LogP contribution in [0.1, 0.15) is 25.7 Å². The van der Waals surface area contributed by atoms with Crippen LogP contribution in [0.25, 0.3) is 22.2 Å². The summed E-state index contributed by atoms with van der Waals surface area (Å²) in [7, 11) is 3.24. The van der Waals surface area contributed by atoms with Gasteiger partial charge in [-0.25, -0.2) is 9.59 Å². The molecule has 2 atom stereocenters. The van der Waals surface area contributed by atoms with Gasteiger partial charge in [-0.05, 0) is 43.5 Å². The smallest absolute Gasteiger partial charge is 0.408 e. The molecule has 2 aromatic heterocycles. The average Bonchev–Trinajstić information content (AvgIpc) is 3.27. The van der Waals surface area contributed by atoms with E-state index in [9.17, 15) is 19.2 Å². The summed E-state index contributed by atoms with van der Waals surface area (Å²) in [5.41, 5.74) is 3.16. The van der Waals surface area contributed by atoms with Gasteiger partial charge >= 0.3 is 11.5 Å². The second-order valence-corrected chi connectivity index (χ2v) is 8.76. The Morgan fingerprint density at radius 3 is 1.68 bits per heavy atom. The van der Waals surface area contributed by atoms with E-state index in [0.717, 1.165) is 6.42 Å². The van der Waals surface area contributed by atoms with Crippen LogP contribution in [0.5, 0.6) is 0 Å². The Bertz CT molecular complexity index is 1420. The quantitative estimate of drug-likeness (QED) is 0.478. The number of aromatic nitrogens is 2. The van der Waals surface area contributed by atoms with E-state index in [4.69, 9.17) is 8.83 Å². The minimum Gasteiger partial charge on any atom is -0.408 e. The Morgan fingerprint density at radius 2 is 1.24 bits per heavy atom. The average molecular weight is 464 g/mol. The Hall–Kier alpha value is -4.08. The zero-order valence-corrected chi connectivity index (χ0v) is 18.8. The van der Waals surface area contributed by atoms with Crippen molar-refractivity contribution in [1.29, 1.82) is 0 Å². The van der Waals surface area contributed by atoms with Gasteiger partial charge < -0.3 is 19.5 Å². The largest absolute Gasteiger partial charge is 0.419 e. The molecule has 1 aliphatic rings. The van der Waals surface area contributed by atoms with Crippen LogP contribution in [0.15, 0.2) is 54.8 Å². The SMILES string of the molecule is Cn1c(=O)oc2cc(NC(=O)C3CCCC(C(=O)Nc4ccc5c(c4)oc(=O)n5C)C3)ccc21. The summed E-state index contributed by atoms with van der Waals surface area (Å²) in [4.78, 5) is 49.2. The second-order valence-electron chi connectivity index (χ2n) is 8.76. The molecule has 10 heteroatoms. The number of fused-ring (bicyclic) bond motifs is 2. The molecule has 10 nitrogen and oxygen atoms in total. The van der Waals surface area contributed by atoms with Gasteiger partial charge in [-0.3, -0.25) is 18.7 Å². The number of rotatable bonds is 4. The van der Waals surface area contributed by atoms with Gasteiger partial charge in [0, 0.05) is 49.4 Å². The van der Waals surface area contributed by atoms with Gasteiger partial charge in [0.05, 0.1) is 11.0 Å². The molecule has 1 fully saturated rings. The van der Waals surface area contributed by atoms with Crippen LogP contribution in [-0.2, 0) is 23.7 Å². The zero-order valence-electron chi connectivity index (χ0n) is 18.8. The molecular formula is C24H24N4O6. The molecule has 2 aromatic carbocycles. The first-order chi connectivity index (χ1) is 16.3. The number of oxazole rings is 2. The van der Waals surface area contributed by atoms with Crippen LogP contribution < -0.4 is 22.1 Å². The Labute approximate surface area is 193 Å². The standard InChI is InChI=1S/C24H24N4O6/c1-27-17-8-6-15(11-19(17)33-23(27)31)25-21(29)13-4-3-5-14(10-13)22(30)26-16-7-9-18-20(12-16)34-24(32)28(18)2/h6-9,11-14H,3-5,10H2,1-2H3,(H,25,29)(H,26,30). The summed E-state index contributed by atoms with van der Waals surface area (Å²) in [5, 5.41) is 5.77. The van der Waals surface area contributed by atoms with E-state index in [2.05, 4.69) is 10.6 Å². The number of benzene rings is 2. The number of anilines is 2. The normalized spacial score (nSPS) is 18.3. The lowest BCUT2D eigenvalue weighted by Gasteiger charge is -2.27. The number of hydrogen-bond donors (Lipinski definition) is 2. The molecule has 2 amide bonds. The number of nitrogens with one attached hydrogen (secondary N) is 2. The van der Waals surface area contributed by atoms with Crippen molar-refractivity contribution in [1.82, 2.24) is 9.13 Å². The molecule has 2 heterocycles. The molecule has 0 radical (unpaired) electrons. The van der Waals surface area contributed by atoms with Crippen LogP contribution in [0.4, 0.5) is 11.4 Å². The number of carbonyl (C=O) groups is 2. The highest BCUT2D eigenvalue weighted by atomic mass is 16.4. The van der Waals surface area contributed by atoms with Crippen LogP contribution >= 0.6 is 0 Å². The van der Waals surface area contributed by atoms with Crippen molar-refractivity contribution in [3.05, 3.63) is 57.5 Å². The summed E-state index contributed by atoms with van der Waals surface area (Å²) in [6.07, 6.45) is 2.58. The molecule has 5 rings (SSSR count).